The van der Waals surface area contributed by atoms with Gasteiger partial charge >= 0.3 is 0 Å². The number of nitrogens with zero attached hydrogens (tertiary/aromatic N) is 1. The van der Waals surface area contributed by atoms with Crippen molar-refractivity contribution in [1.82, 2.24) is 5.16 Å². The number of anilines is 1. The predicted molar refractivity (Wildman–Crippen MR) is 115 cm³/mol. The van der Waals surface area contributed by atoms with E-state index in [2.05, 4.69) is 21.9 Å². The van der Waals surface area contributed by atoms with Gasteiger partial charge in [0.25, 0.3) is 0 Å². The van der Waals surface area contributed by atoms with Crippen LogP contribution in [0.3, 0.4) is 0 Å². The lowest BCUT2D eigenvalue weighted by Gasteiger charge is -2.34. The molecular formula is C23H22N2O4S. The van der Waals surface area contributed by atoms with Crippen LogP contribution in [0.25, 0.3) is 0 Å². The van der Waals surface area contributed by atoms with Crippen molar-refractivity contribution in [2.24, 2.45) is 0 Å². The highest BCUT2D eigenvalue weighted by atomic mass is 32.1. The minimum Gasteiger partial charge on any atom is -0.493 e. The van der Waals surface area contributed by atoms with Gasteiger partial charge in [-0.05, 0) is 59.3 Å². The molecule has 30 heavy (non-hydrogen) atoms. The molecular weight excluding hydrogens is 400 g/mol. The summed E-state index contributed by atoms with van der Waals surface area (Å²) in [4.78, 5) is 13.4. The van der Waals surface area contributed by atoms with Gasteiger partial charge in [-0.2, -0.15) is 11.3 Å². The lowest BCUT2D eigenvalue weighted by Crippen LogP contribution is -2.29. The van der Waals surface area contributed by atoms with E-state index in [1.54, 1.807) is 25.6 Å². The Morgan fingerprint density at radius 3 is 2.70 bits per heavy atom. The number of carbonyl (C=O) groups excluding carboxylic acids is 1. The van der Waals surface area contributed by atoms with Crippen molar-refractivity contribution in [3.05, 3.63) is 68.7 Å². The van der Waals surface area contributed by atoms with Gasteiger partial charge in [-0.15, -0.1) is 0 Å². The first-order chi connectivity index (χ1) is 14.6. The van der Waals surface area contributed by atoms with Gasteiger partial charge in [0.15, 0.2) is 17.3 Å². The van der Waals surface area contributed by atoms with Crippen LogP contribution in [0.4, 0.5) is 5.88 Å². The molecule has 2 aliphatic rings. The summed E-state index contributed by atoms with van der Waals surface area (Å²) >= 11 is 1.63. The van der Waals surface area contributed by atoms with Crippen molar-refractivity contribution in [3.8, 4) is 11.5 Å². The van der Waals surface area contributed by atoms with E-state index < -0.39 is 0 Å². The minimum absolute atomic E-state index is 0.0530. The van der Waals surface area contributed by atoms with Crippen LogP contribution in [-0.4, -0.2) is 25.2 Å². The summed E-state index contributed by atoms with van der Waals surface area (Å²) in [6, 6.07) is 7.94. The van der Waals surface area contributed by atoms with Crippen LogP contribution in [0, 0.1) is 6.92 Å². The van der Waals surface area contributed by atoms with E-state index in [0.29, 0.717) is 23.8 Å². The number of carbonyl (C=O) groups is 1. The Hall–Kier alpha value is -3.06. The molecule has 1 aliphatic carbocycles. The van der Waals surface area contributed by atoms with E-state index in [-0.39, 0.29) is 17.6 Å². The summed E-state index contributed by atoms with van der Waals surface area (Å²) in [6.07, 6.45) is 1.17. The third-order valence-corrected chi connectivity index (χ3v) is 6.71. The van der Waals surface area contributed by atoms with Crippen LogP contribution in [0.15, 0.2) is 50.8 Å². The second-order valence-corrected chi connectivity index (χ2v) is 8.44. The maximum Gasteiger partial charge on any atom is 0.233 e. The van der Waals surface area contributed by atoms with Crippen LogP contribution >= 0.6 is 11.3 Å². The molecule has 6 nitrogen and oxygen atoms in total. The quantitative estimate of drug-likeness (QED) is 0.636. The second-order valence-electron chi connectivity index (χ2n) is 7.66. The SMILES string of the molecule is COc1ccc(C2CC(=O)C3=C(C2)Nc2onc(C)c2C3c2ccsc2)cc1OC. The Balaban J connectivity index is 1.56. The number of ether oxygens (including phenoxy) is 2. The molecule has 7 heteroatoms. The van der Waals surface area contributed by atoms with Crippen LogP contribution in [0.1, 0.15) is 47.1 Å². The zero-order valence-corrected chi connectivity index (χ0v) is 17.8. The summed E-state index contributed by atoms with van der Waals surface area (Å²) in [5, 5.41) is 11.7. The number of allylic oxidation sites excluding steroid dienone is 2. The molecule has 0 saturated carbocycles. The van der Waals surface area contributed by atoms with Crippen molar-refractivity contribution in [2.45, 2.75) is 31.6 Å². The molecule has 5 rings (SSSR count). The van der Waals surface area contributed by atoms with Gasteiger partial charge in [0, 0.05) is 23.6 Å². The molecule has 1 aliphatic heterocycles. The molecule has 2 aromatic heterocycles. The molecule has 154 valence electrons. The topological polar surface area (TPSA) is 73.6 Å². The Morgan fingerprint density at radius 2 is 1.97 bits per heavy atom. The van der Waals surface area contributed by atoms with Gasteiger partial charge < -0.3 is 19.3 Å². The molecule has 2 atom stereocenters. The van der Waals surface area contributed by atoms with Crippen LogP contribution in [0.2, 0.25) is 0 Å². The fourth-order valence-corrected chi connectivity index (χ4v) is 5.27. The van der Waals surface area contributed by atoms with E-state index >= 15 is 0 Å². The van der Waals surface area contributed by atoms with E-state index in [0.717, 1.165) is 40.1 Å². The maximum atomic E-state index is 13.4. The van der Waals surface area contributed by atoms with Crippen LogP contribution in [-0.2, 0) is 4.79 Å². The Kier molecular flexibility index (Phi) is 4.62. The molecule has 1 aromatic carbocycles. The Bertz CT molecular complexity index is 1150. The van der Waals surface area contributed by atoms with Crippen molar-refractivity contribution in [2.75, 3.05) is 19.5 Å². The van der Waals surface area contributed by atoms with Gasteiger partial charge in [0.1, 0.15) is 0 Å². The summed E-state index contributed by atoms with van der Waals surface area (Å²) in [5.41, 5.74) is 5.70. The standard InChI is InChI=1S/C23H22N2O4S/c1-12-20-21(14-6-7-30-11-14)22-16(24-23(20)29-25-12)8-15(9-17(22)26)13-4-5-18(27-2)19(10-13)28-3/h4-7,10-11,15,21,24H,8-9H2,1-3H3. The van der Waals surface area contributed by atoms with E-state index in [4.69, 9.17) is 14.0 Å². The van der Waals surface area contributed by atoms with Gasteiger partial charge in [-0.3, -0.25) is 4.79 Å². The van der Waals surface area contributed by atoms with E-state index in [9.17, 15) is 4.79 Å². The largest absolute Gasteiger partial charge is 0.493 e. The third kappa shape index (κ3) is 2.92. The minimum atomic E-state index is -0.132. The molecule has 0 bridgehead atoms. The fraction of sp³-hybridized carbons (Fsp3) is 0.304. The lowest BCUT2D eigenvalue weighted by molar-refractivity contribution is -0.116. The molecule has 0 radical (unpaired) electrons. The molecule has 0 spiro atoms. The van der Waals surface area contributed by atoms with Crippen LogP contribution < -0.4 is 14.8 Å². The highest BCUT2D eigenvalue weighted by molar-refractivity contribution is 7.08. The van der Waals surface area contributed by atoms with Crippen LogP contribution in [0.5, 0.6) is 11.5 Å². The number of nitrogens with one attached hydrogen (secondary N) is 1. The molecule has 0 fully saturated rings. The number of ketones is 1. The number of aryl methyl sites for hydroxylation is 1. The average Bonchev–Trinajstić information content (AvgIpc) is 3.42. The Morgan fingerprint density at radius 1 is 1.13 bits per heavy atom. The summed E-state index contributed by atoms with van der Waals surface area (Å²) in [7, 11) is 3.24. The normalized spacial score (nSPS) is 20.4. The lowest BCUT2D eigenvalue weighted by atomic mass is 9.73. The number of benzene rings is 1. The summed E-state index contributed by atoms with van der Waals surface area (Å²) in [6.45, 7) is 1.93. The number of hydrogen-bond donors (Lipinski definition) is 1. The first-order valence-corrected chi connectivity index (χ1v) is 10.8. The number of methoxy groups -OCH3 is 2. The molecule has 3 aromatic rings. The van der Waals surface area contributed by atoms with E-state index in [1.807, 2.05) is 30.5 Å². The highest BCUT2D eigenvalue weighted by Gasteiger charge is 2.41. The number of Topliss-reactive ketones (excluding diaryl/α,β-unsaturated/α-hetero) is 1. The number of rotatable bonds is 4. The predicted octanol–water partition coefficient (Wildman–Crippen LogP) is 5.02. The Labute approximate surface area is 178 Å². The molecule has 1 N–H and O–H groups in total. The highest BCUT2D eigenvalue weighted by Crippen LogP contribution is 2.49. The van der Waals surface area contributed by atoms with Gasteiger partial charge in [-0.25, -0.2) is 0 Å². The maximum absolute atomic E-state index is 13.4. The second kappa shape index (κ2) is 7.32. The molecule has 0 saturated heterocycles. The molecule has 2 unspecified atom stereocenters. The number of thiophene rings is 1. The van der Waals surface area contributed by atoms with Gasteiger partial charge in [0.05, 0.1) is 25.5 Å². The number of aromatic nitrogens is 1. The molecule has 0 amide bonds. The number of hydrogen-bond acceptors (Lipinski definition) is 7. The van der Waals surface area contributed by atoms with Gasteiger partial charge in [0.2, 0.25) is 5.88 Å². The van der Waals surface area contributed by atoms with Crippen molar-refractivity contribution in [3.63, 3.8) is 0 Å². The number of fused-ring (bicyclic) bond motifs is 1. The van der Waals surface area contributed by atoms with Crippen molar-refractivity contribution >= 4 is 23.0 Å². The van der Waals surface area contributed by atoms with Gasteiger partial charge in [-0.1, -0.05) is 11.2 Å². The molecule has 3 heterocycles. The smallest absolute Gasteiger partial charge is 0.233 e. The summed E-state index contributed by atoms with van der Waals surface area (Å²) < 4.78 is 16.4. The van der Waals surface area contributed by atoms with E-state index in [1.165, 1.54) is 0 Å². The zero-order valence-electron chi connectivity index (χ0n) is 17.0. The third-order valence-electron chi connectivity index (χ3n) is 6.01. The zero-order chi connectivity index (χ0) is 20.8. The average molecular weight is 423 g/mol. The first kappa shape index (κ1) is 18.9. The van der Waals surface area contributed by atoms with Crippen molar-refractivity contribution < 1.29 is 18.8 Å². The monoisotopic (exact) mass is 422 g/mol. The van der Waals surface area contributed by atoms with Crippen molar-refractivity contribution in [1.29, 1.82) is 0 Å². The fourth-order valence-electron chi connectivity index (χ4n) is 4.59. The first-order valence-electron chi connectivity index (χ1n) is 9.84. The summed E-state index contributed by atoms with van der Waals surface area (Å²) in [5.74, 6) is 2.07.